The second-order valence-electron chi connectivity index (χ2n) is 7.12. The molecule has 6 nitrogen and oxygen atoms in total. The molecule has 1 aliphatic rings. The molecule has 0 aromatic heterocycles. The fourth-order valence-corrected chi connectivity index (χ4v) is 4.03. The van der Waals surface area contributed by atoms with Crippen molar-refractivity contribution in [2.24, 2.45) is 9.63 Å². The van der Waals surface area contributed by atoms with Crippen LogP contribution in [-0.2, 0) is 33.3 Å². The largest absolute Gasteiger partial charge is 0.496 e. The second kappa shape index (κ2) is 7.99. The average molecular weight is 442 g/mol. The lowest BCUT2D eigenvalue weighted by Crippen LogP contribution is -2.45. The maximum Gasteiger partial charge on any atom is 0.421 e. The SMILES string of the molecule is COc1cc2c(cc1CN=NS(=O)(=O)c1ccc(C)cc1)C(C)(C(F)(F)F)OCC2. The Morgan fingerprint density at radius 2 is 1.87 bits per heavy atom. The first-order valence-electron chi connectivity index (χ1n) is 9.09. The minimum Gasteiger partial charge on any atom is -0.496 e. The third-order valence-corrected chi connectivity index (χ3v) is 6.25. The van der Waals surface area contributed by atoms with E-state index in [1.807, 2.05) is 6.92 Å². The van der Waals surface area contributed by atoms with Gasteiger partial charge in [0.15, 0.2) is 5.60 Å². The van der Waals surface area contributed by atoms with Crippen LogP contribution in [0.3, 0.4) is 0 Å². The molecule has 0 spiro atoms. The van der Waals surface area contributed by atoms with Gasteiger partial charge in [-0.2, -0.15) is 26.7 Å². The predicted octanol–water partition coefficient (Wildman–Crippen LogP) is 4.69. The molecule has 1 atom stereocenters. The molecule has 2 aromatic carbocycles. The molecular formula is C20H21F3N2O4S. The zero-order valence-corrected chi connectivity index (χ0v) is 17.5. The highest BCUT2D eigenvalue weighted by Crippen LogP contribution is 2.47. The predicted molar refractivity (Wildman–Crippen MR) is 103 cm³/mol. The highest BCUT2D eigenvalue weighted by molar-refractivity contribution is 7.90. The van der Waals surface area contributed by atoms with Gasteiger partial charge in [-0.05, 0) is 55.7 Å². The molecule has 10 heteroatoms. The second-order valence-corrected chi connectivity index (χ2v) is 8.70. The molecule has 0 N–H and O–H groups in total. The van der Waals surface area contributed by atoms with Crippen LogP contribution in [-0.4, -0.2) is 28.3 Å². The number of alkyl halides is 3. The van der Waals surface area contributed by atoms with Gasteiger partial charge in [0.05, 0.1) is 25.2 Å². The third kappa shape index (κ3) is 4.20. The Bertz CT molecular complexity index is 1070. The Balaban J connectivity index is 1.94. The number of aryl methyl sites for hydroxylation is 1. The van der Waals surface area contributed by atoms with E-state index in [-0.39, 0.29) is 29.2 Å². The zero-order chi connectivity index (χ0) is 22.2. The summed E-state index contributed by atoms with van der Waals surface area (Å²) in [4.78, 5) is -0.0210. The van der Waals surface area contributed by atoms with E-state index in [1.54, 1.807) is 12.1 Å². The van der Waals surface area contributed by atoms with Crippen LogP contribution in [0.2, 0.25) is 0 Å². The Hall–Kier alpha value is -2.46. The summed E-state index contributed by atoms with van der Waals surface area (Å²) >= 11 is 0. The number of hydrogen-bond acceptors (Lipinski definition) is 5. The molecule has 0 radical (unpaired) electrons. The van der Waals surface area contributed by atoms with Gasteiger partial charge >= 0.3 is 6.18 Å². The minimum absolute atomic E-state index is 0.0210. The van der Waals surface area contributed by atoms with Crippen molar-refractivity contribution in [2.75, 3.05) is 13.7 Å². The van der Waals surface area contributed by atoms with Gasteiger partial charge in [0.2, 0.25) is 0 Å². The van der Waals surface area contributed by atoms with Crippen LogP contribution in [0.5, 0.6) is 5.75 Å². The Labute approximate surface area is 172 Å². The summed E-state index contributed by atoms with van der Waals surface area (Å²) in [6.07, 6.45) is -4.31. The Morgan fingerprint density at radius 3 is 2.47 bits per heavy atom. The molecule has 1 heterocycles. The number of halogens is 3. The van der Waals surface area contributed by atoms with Crippen LogP contribution in [0.25, 0.3) is 0 Å². The summed E-state index contributed by atoms with van der Waals surface area (Å²) in [6.45, 7) is 2.46. The number of benzene rings is 2. The topological polar surface area (TPSA) is 77.3 Å². The zero-order valence-electron chi connectivity index (χ0n) is 16.7. The monoisotopic (exact) mass is 442 g/mol. The number of fused-ring (bicyclic) bond motifs is 1. The van der Waals surface area contributed by atoms with Crippen LogP contribution in [0, 0.1) is 6.92 Å². The fraction of sp³-hybridized carbons (Fsp3) is 0.400. The first kappa shape index (κ1) is 22.2. The van der Waals surface area contributed by atoms with Crippen LogP contribution in [0.4, 0.5) is 13.2 Å². The molecule has 0 saturated carbocycles. The summed E-state index contributed by atoms with van der Waals surface area (Å²) in [6, 6.07) is 8.91. The fourth-order valence-electron chi connectivity index (χ4n) is 3.25. The van der Waals surface area contributed by atoms with Crippen molar-refractivity contribution in [3.05, 3.63) is 58.7 Å². The molecule has 0 saturated heterocycles. The molecule has 0 amide bonds. The molecule has 1 aliphatic heterocycles. The average Bonchev–Trinajstić information content (AvgIpc) is 2.67. The van der Waals surface area contributed by atoms with E-state index < -0.39 is 21.8 Å². The van der Waals surface area contributed by atoms with Gasteiger partial charge in [0.25, 0.3) is 10.0 Å². The Kier molecular flexibility index (Phi) is 5.92. The summed E-state index contributed by atoms with van der Waals surface area (Å²) < 4.78 is 79.4. The van der Waals surface area contributed by atoms with Crippen LogP contribution in [0.15, 0.2) is 50.9 Å². The van der Waals surface area contributed by atoms with E-state index in [4.69, 9.17) is 9.47 Å². The van der Waals surface area contributed by atoms with Gasteiger partial charge in [0.1, 0.15) is 5.75 Å². The number of ether oxygens (including phenoxy) is 2. The van der Waals surface area contributed by atoms with Crippen molar-refractivity contribution in [1.82, 2.24) is 0 Å². The van der Waals surface area contributed by atoms with Crippen LogP contribution in [0.1, 0.15) is 29.2 Å². The van der Waals surface area contributed by atoms with Crippen LogP contribution >= 0.6 is 0 Å². The maximum atomic E-state index is 13.7. The third-order valence-electron chi connectivity index (χ3n) is 5.05. The molecule has 0 bridgehead atoms. The molecular weight excluding hydrogens is 421 g/mol. The molecule has 162 valence electrons. The van der Waals surface area contributed by atoms with Crippen molar-refractivity contribution >= 4 is 10.0 Å². The number of rotatable bonds is 5. The van der Waals surface area contributed by atoms with Gasteiger partial charge < -0.3 is 9.47 Å². The van der Waals surface area contributed by atoms with Crippen molar-refractivity contribution < 1.29 is 31.1 Å². The summed E-state index contributed by atoms with van der Waals surface area (Å²) in [5.41, 5.74) is -0.869. The quantitative estimate of drug-likeness (QED) is 0.629. The minimum atomic E-state index is -4.62. The molecule has 30 heavy (non-hydrogen) atoms. The lowest BCUT2D eigenvalue weighted by molar-refractivity contribution is -0.281. The summed E-state index contributed by atoms with van der Waals surface area (Å²) in [7, 11) is -2.63. The van der Waals surface area contributed by atoms with Gasteiger partial charge in [-0.25, -0.2) is 0 Å². The lowest BCUT2D eigenvalue weighted by atomic mass is 9.85. The first-order chi connectivity index (χ1) is 14.0. The van der Waals surface area contributed by atoms with Gasteiger partial charge in [-0.15, -0.1) is 0 Å². The van der Waals surface area contributed by atoms with E-state index >= 15 is 0 Å². The van der Waals surface area contributed by atoms with Crippen molar-refractivity contribution in [1.29, 1.82) is 0 Å². The number of hydrogen-bond donors (Lipinski definition) is 0. The number of methoxy groups -OCH3 is 1. The standard InChI is InChI=1S/C20H21F3N2O4S/c1-13-4-6-16(7-5-13)30(26,27)25-24-12-15-10-17-14(11-18(15)28-3)8-9-29-19(17,2)20(21,22)23/h4-7,10-11H,8-9,12H2,1-3H3. The van der Waals surface area contributed by atoms with E-state index in [1.165, 1.54) is 31.4 Å². The van der Waals surface area contributed by atoms with Gasteiger partial charge in [0, 0.05) is 5.56 Å². The van der Waals surface area contributed by atoms with E-state index in [9.17, 15) is 21.6 Å². The summed E-state index contributed by atoms with van der Waals surface area (Å²) in [5.74, 6) is 0.312. The molecule has 2 aromatic rings. The maximum absolute atomic E-state index is 13.7. The Morgan fingerprint density at radius 1 is 1.20 bits per heavy atom. The smallest absolute Gasteiger partial charge is 0.421 e. The van der Waals surface area contributed by atoms with Gasteiger partial charge in [-0.1, -0.05) is 22.2 Å². The van der Waals surface area contributed by atoms with Crippen molar-refractivity contribution in [2.45, 2.75) is 43.5 Å². The van der Waals surface area contributed by atoms with Crippen molar-refractivity contribution in [3.63, 3.8) is 0 Å². The molecule has 1 unspecified atom stereocenters. The van der Waals surface area contributed by atoms with E-state index in [2.05, 4.69) is 9.63 Å². The lowest BCUT2D eigenvalue weighted by Gasteiger charge is -2.38. The first-order valence-corrected chi connectivity index (χ1v) is 10.5. The van der Waals surface area contributed by atoms with E-state index in [0.29, 0.717) is 17.7 Å². The highest BCUT2D eigenvalue weighted by Gasteiger charge is 2.55. The summed E-state index contributed by atoms with van der Waals surface area (Å²) in [5, 5.41) is 3.71. The molecule has 3 rings (SSSR count). The highest BCUT2D eigenvalue weighted by atomic mass is 32.2. The van der Waals surface area contributed by atoms with E-state index in [0.717, 1.165) is 12.5 Å². The number of nitrogens with zero attached hydrogens (tertiary/aromatic N) is 2. The number of sulfonamides is 1. The van der Waals surface area contributed by atoms with Crippen molar-refractivity contribution in [3.8, 4) is 5.75 Å². The molecule has 0 fully saturated rings. The van der Waals surface area contributed by atoms with Crippen LogP contribution < -0.4 is 4.74 Å². The van der Waals surface area contributed by atoms with Gasteiger partial charge in [-0.3, -0.25) is 0 Å². The normalized spacial score (nSPS) is 19.7. The molecule has 0 aliphatic carbocycles.